The summed E-state index contributed by atoms with van der Waals surface area (Å²) in [6.07, 6.45) is -0.984. The minimum Gasteiger partial charge on any atom is -0.494 e. The van der Waals surface area contributed by atoms with Crippen LogP contribution in [0.2, 0.25) is 0 Å². The van der Waals surface area contributed by atoms with Crippen molar-refractivity contribution in [2.24, 2.45) is 11.7 Å². The van der Waals surface area contributed by atoms with Gasteiger partial charge in [-0.05, 0) is 66.1 Å². The molecule has 1 aliphatic heterocycles. The number of hydrogen-bond donors (Lipinski definition) is 4. The Hall–Kier alpha value is -5.25. The van der Waals surface area contributed by atoms with Crippen LogP contribution < -0.4 is 21.1 Å². The number of carboxylic acids is 1. The van der Waals surface area contributed by atoms with E-state index in [1.165, 1.54) is 44.4 Å². The van der Waals surface area contributed by atoms with Crippen molar-refractivity contribution < 1.29 is 51.0 Å². The molecule has 3 atom stereocenters. The van der Waals surface area contributed by atoms with E-state index < -0.39 is 63.4 Å². The predicted molar refractivity (Wildman–Crippen MR) is 165 cm³/mol. The molecular formula is C31H32F2N4O9S. The van der Waals surface area contributed by atoms with Crippen molar-refractivity contribution >= 4 is 45.1 Å². The summed E-state index contributed by atoms with van der Waals surface area (Å²) in [6, 6.07) is 7.42. The first-order valence-corrected chi connectivity index (χ1v) is 15.8. The summed E-state index contributed by atoms with van der Waals surface area (Å²) in [4.78, 5) is 51.8. The Labute approximate surface area is 268 Å². The number of rotatable bonds is 11. The molecule has 3 aromatic rings. The van der Waals surface area contributed by atoms with Crippen molar-refractivity contribution in [2.75, 3.05) is 37.2 Å². The van der Waals surface area contributed by atoms with Crippen molar-refractivity contribution in [1.82, 2.24) is 4.90 Å². The van der Waals surface area contributed by atoms with Gasteiger partial charge in [0.2, 0.25) is 11.8 Å². The van der Waals surface area contributed by atoms with E-state index in [4.69, 9.17) is 10.5 Å². The summed E-state index contributed by atoms with van der Waals surface area (Å²) >= 11 is 0. The summed E-state index contributed by atoms with van der Waals surface area (Å²) < 4.78 is 65.7. The first-order valence-electron chi connectivity index (χ1n) is 14.2. The molecule has 0 spiro atoms. The van der Waals surface area contributed by atoms with Crippen LogP contribution in [0.25, 0.3) is 0 Å². The first-order chi connectivity index (χ1) is 22.2. The summed E-state index contributed by atoms with van der Waals surface area (Å²) in [5.74, 6) is -6.62. The molecule has 3 amide bonds. The highest BCUT2D eigenvalue weighted by Gasteiger charge is 2.46. The van der Waals surface area contributed by atoms with Gasteiger partial charge < -0.3 is 30.5 Å². The van der Waals surface area contributed by atoms with E-state index in [0.29, 0.717) is 0 Å². The fourth-order valence-electron chi connectivity index (χ4n) is 5.40. The smallest absolute Gasteiger partial charge is 0.411 e. The van der Waals surface area contributed by atoms with Gasteiger partial charge in [0.1, 0.15) is 11.9 Å². The number of aliphatic carboxylic acids is 1. The SMILES string of the molecule is CCS(=O)(=O)c1ccc(NC(=O)OC)cc1[C@H]1[C@@H](C(=O)O)CCN1C(=O)C(Nc1cc(C(N)=O)ccc1F)c1ccc(F)c(OC)c1. The lowest BCUT2D eigenvalue weighted by Gasteiger charge is -2.33. The largest absolute Gasteiger partial charge is 0.494 e. The summed E-state index contributed by atoms with van der Waals surface area (Å²) in [7, 11) is -1.70. The number of sulfone groups is 1. The molecule has 0 radical (unpaired) electrons. The molecule has 1 fully saturated rings. The molecule has 0 aromatic heterocycles. The highest BCUT2D eigenvalue weighted by Crippen LogP contribution is 2.43. The third kappa shape index (κ3) is 7.27. The Morgan fingerprint density at radius 2 is 1.74 bits per heavy atom. The number of halogens is 2. The Balaban J connectivity index is 1.92. The van der Waals surface area contributed by atoms with Crippen LogP contribution in [0.15, 0.2) is 59.5 Å². The third-order valence-electron chi connectivity index (χ3n) is 7.78. The van der Waals surface area contributed by atoms with Gasteiger partial charge in [0, 0.05) is 17.8 Å². The number of nitrogens with one attached hydrogen (secondary N) is 2. The summed E-state index contributed by atoms with van der Waals surface area (Å²) in [5.41, 5.74) is 4.99. The highest BCUT2D eigenvalue weighted by molar-refractivity contribution is 7.91. The molecule has 1 heterocycles. The van der Waals surface area contributed by atoms with Crippen LogP contribution in [0.4, 0.5) is 25.0 Å². The number of carbonyl (C=O) groups excluding carboxylic acids is 3. The van der Waals surface area contributed by atoms with Crippen molar-refractivity contribution in [2.45, 2.75) is 30.3 Å². The molecule has 1 aliphatic rings. The summed E-state index contributed by atoms with van der Waals surface area (Å²) in [6.45, 7) is 1.21. The lowest BCUT2D eigenvalue weighted by atomic mass is 9.92. The van der Waals surface area contributed by atoms with Crippen LogP contribution in [-0.2, 0) is 24.2 Å². The number of benzene rings is 3. The normalized spacial score (nSPS) is 16.7. The van der Waals surface area contributed by atoms with E-state index in [1.54, 1.807) is 0 Å². The third-order valence-corrected chi connectivity index (χ3v) is 9.58. The van der Waals surface area contributed by atoms with E-state index in [-0.39, 0.29) is 57.4 Å². The number of amides is 3. The van der Waals surface area contributed by atoms with Gasteiger partial charge in [-0.25, -0.2) is 22.0 Å². The summed E-state index contributed by atoms with van der Waals surface area (Å²) in [5, 5.41) is 15.4. The Bertz CT molecular complexity index is 1840. The Morgan fingerprint density at radius 1 is 1.04 bits per heavy atom. The number of likely N-dealkylation sites (tertiary alicyclic amines) is 1. The average molecular weight is 675 g/mol. The minimum atomic E-state index is -4.01. The molecule has 13 nitrogen and oxygen atoms in total. The molecule has 3 aromatic carbocycles. The monoisotopic (exact) mass is 674 g/mol. The maximum Gasteiger partial charge on any atom is 0.411 e. The van der Waals surface area contributed by atoms with Gasteiger partial charge in [-0.15, -0.1) is 0 Å². The Morgan fingerprint density at radius 3 is 2.36 bits per heavy atom. The van der Waals surface area contributed by atoms with Crippen LogP contribution >= 0.6 is 0 Å². The second kappa shape index (κ2) is 14.0. The highest BCUT2D eigenvalue weighted by atomic mass is 32.2. The van der Waals surface area contributed by atoms with Crippen LogP contribution in [0.3, 0.4) is 0 Å². The number of carbonyl (C=O) groups is 4. The number of methoxy groups -OCH3 is 2. The van der Waals surface area contributed by atoms with Crippen molar-refractivity contribution in [3.05, 3.63) is 82.9 Å². The van der Waals surface area contributed by atoms with Gasteiger partial charge in [-0.3, -0.25) is 19.7 Å². The number of anilines is 2. The number of hydrogen-bond acceptors (Lipinski definition) is 9. The zero-order chi connectivity index (χ0) is 34.6. The first kappa shape index (κ1) is 34.6. The van der Waals surface area contributed by atoms with Gasteiger partial charge in [-0.1, -0.05) is 13.0 Å². The molecule has 0 aliphatic carbocycles. The molecule has 47 heavy (non-hydrogen) atoms. The average Bonchev–Trinajstić information content (AvgIpc) is 3.50. The Kier molecular flexibility index (Phi) is 10.3. The standard InChI is InChI=1S/C31H32F2N4O9S/c1-4-47(43,44)25-10-7-18(35-31(42)46-3)15-20(25)27-19(30(40)41)11-12-37(27)29(39)26(16-5-9-22(33)24(14-16)45-2)36-23-13-17(28(34)38)6-8-21(23)32/h5-10,13-15,19,26-27,36H,4,11-12H2,1-3H3,(H2,34,38)(H,35,42)(H,40,41)/t19-,26?,27+/m0/s1. The second-order valence-corrected chi connectivity index (χ2v) is 12.8. The number of primary amides is 1. The van der Waals surface area contributed by atoms with Gasteiger partial charge in [-0.2, -0.15) is 0 Å². The molecule has 250 valence electrons. The molecule has 16 heteroatoms. The van der Waals surface area contributed by atoms with E-state index in [9.17, 15) is 37.1 Å². The topological polar surface area (TPSA) is 194 Å². The van der Waals surface area contributed by atoms with Crippen molar-refractivity contribution in [3.8, 4) is 5.75 Å². The number of carboxylic acid groups (broad SMARTS) is 1. The van der Waals surface area contributed by atoms with Crippen LogP contribution in [0, 0.1) is 17.6 Å². The molecule has 1 unspecified atom stereocenters. The minimum absolute atomic E-state index is 0.0635. The van der Waals surface area contributed by atoms with E-state index in [1.807, 2.05) is 0 Å². The van der Waals surface area contributed by atoms with E-state index in [0.717, 1.165) is 36.3 Å². The number of ether oxygens (including phenoxy) is 2. The van der Waals surface area contributed by atoms with Crippen molar-refractivity contribution in [3.63, 3.8) is 0 Å². The maximum absolute atomic E-state index is 15.1. The molecule has 0 saturated carbocycles. The molecular weight excluding hydrogens is 642 g/mol. The van der Waals surface area contributed by atoms with Gasteiger partial charge in [0.25, 0.3) is 0 Å². The van der Waals surface area contributed by atoms with Gasteiger partial charge in [0.15, 0.2) is 21.4 Å². The zero-order valence-corrected chi connectivity index (χ0v) is 26.3. The fraction of sp³-hybridized carbons (Fsp3) is 0.290. The van der Waals surface area contributed by atoms with Crippen LogP contribution in [0.5, 0.6) is 5.75 Å². The predicted octanol–water partition coefficient (Wildman–Crippen LogP) is 3.87. The molecule has 0 bridgehead atoms. The molecule has 1 saturated heterocycles. The lowest BCUT2D eigenvalue weighted by Crippen LogP contribution is -2.40. The second-order valence-electron chi connectivity index (χ2n) is 10.5. The van der Waals surface area contributed by atoms with Crippen molar-refractivity contribution in [1.29, 1.82) is 0 Å². The quantitative estimate of drug-likeness (QED) is 0.232. The maximum atomic E-state index is 15.1. The zero-order valence-electron chi connectivity index (χ0n) is 25.5. The molecule has 5 N–H and O–H groups in total. The molecule has 4 rings (SSSR count). The van der Waals surface area contributed by atoms with E-state index in [2.05, 4.69) is 15.4 Å². The van der Waals surface area contributed by atoms with E-state index >= 15 is 4.39 Å². The number of nitrogens with zero attached hydrogens (tertiary/aromatic N) is 1. The fourth-order valence-corrected chi connectivity index (χ4v) is 6.53. The van der Waals surface area contributed by atoms with Gasteiger partial charge >= 0.3 is 12.1 Å². The van der Waals surface area contributed by atoms with Crippen LogP contribution in [-0.4, -0.2) is 68.8 Å². The number of nitrogens with two attached hydrogens (primary N) is 1. The lowest BCUT2D eigenvalue weighted by molar-refractivity contribution is -0.143. The van der Waals surface area contributed by atoms with Crippen LogP contribution in [0.1, 0.15) is 46.9 Å². The van der Waals surface area contributed by atoms with Gasteiger partial charge in [0.05, 0.1) is 42.5 Å².